The Hall–Kier alpha value is -2.87. The van der Waals surface area contributed by atoms with Crippen LogP contribution in [0.15, 0.2) is 52.4 Å². The lowest BCUT2D eigenvalue weighted by molar-refractivity contribution is -0.113. The zero-order valence-electron chi connectivity index (χ0n) is 14.4. The van der Waals surface area contributed by atoms with Crippen LogP contribution in [0, 0.1) is 0 Å². The number of thioether (sulfide) groups is 1. The first-order valence-corrected chi connectivity index (χ1v) is 9.06. The number of amides is 1. The first-order chi connectivity index (χ1) is 12.6. The number of carbonyl (C=O) groups excluding carboxylic acids is 2. The van der Waals surface area contributed by atoms with Gasteiger partial charge in [0.05, 0.1) is 17.6 Å². The number of furan rings is 1. The average Bonchev–Trinajstić information content (AvgIpc) is 3.29. The van der Waals surface area contributed by atoms with E-state index in [9.17, 15) is 9.59 Å². The molecule has 0 atom stereocenters. The van der Waals surface area contributed by atoms with Gasteiger partial charge in [0.15, 0.2) is 16.8 Å². The molecule has 0 aliphatic rings. The molecule has 7 nitrogen and oxygen atoms in total. The van der Waals surface area contributed by atoms with Crippen molar-refractivity contribution in [2.75, 3.05) is 11.1 Å². The van der Waals surface area contributed by atoms with Crippen molar-refractivity contribution >= 4 is 29.1 Å². The topological polar surface area (TPSA) is 90.0 Å². The molecule has 26 heavy (non-hydrogen) atoms. The molecule has 0 saturated carbocycles. The van der Waals surface area contributed by atoms with Gasteiger partial charge in [-0.1, -0.05) is 11.8 Å². The molecule has 0 bridgehead atoms. The maximum atomic E-state index is 12.2. The monoisotopic (exact) mass is 370 g/mol. The molecule has 0 unspecified atom stereocenters. The second kappa shape index (κ2) is 8.01. The number of rotatable bonds is 7. The van der Waals surface area contributed by atoms with Crippen molar-refractivity contribution in [2.24, 2.45) is 0 Å². The maximum absolute atomic E-state index is 12.2. The van der Waals surface area contributed by atoms with Crippen molar-refractivity contribution in [2.45, 2.75) is 25.5 Å². The van der Waals surface area contributed by atoms with Crippen LogP contribution in [-0.2, 0) is 11.3 Å². The highest BCUT2D eigenvalue weighted by molar-refractivity contribution is 7.99. The predicted molar refractivity (Wildman–Crippen MR) is 99.2 cm³/mol. The molecule has 1 amide bonds. The number of aromatic nitrogens is 3. The van der Waals surface area contributed by atoms with Crippen molar-refractivity contribution in [1.29, 1.82) is 0 Å². The van der Waals surface area contributed by atoms with Crippen molar-refractivity contribution in [3.05, 3.63) is 48.4 Å². The lowest BCUT2D eigenvalue weighted by Crippen LogP contribution is -2.14. The highest BCUT2D eigenvalue weighted by Gasteiger charge is 2.15. The van der Waals surface area contributed by atoms with Crippen molar-refractivity contribution in [3.8, 4) is 11.4 Å². The van der Waals surface area contributed by atoms with Crippen LogP contribution in [0.1, 0.15) is 24.2 Å². The van der Waals surface area contributed by atoms with Gasteiger partial charge in [0.2, 0.25) is 5.91 Å². The van der Waals surface area contributed by atoms with Gasteiger partial charge in [-0.05, 0) is 44.2 Å². The van der Waals surface area contributed by atoms with E-state index in [1.54, 1.807) is 36.8 Å². The molecule has 0 spiro atoms. The molecule has 3 rings (SSSR count). The van der Waals surface area contributed by atoms with E-state index in [4.69, 9.17) is 4.42 Å². The van der Waals surface area contributed by atoms with Gasteiger partial charge in [-0.15, -0.1) is 10.2 Å². The Kier molecular flexibility index (Phi) is 5.52. The molecule has 0 radical (unpaired) electrons. The Balaban J connectivity index is 1.62. The van der Waals surface area contributed by atoms with E-state index in [-0.39, 0.29) is 17.4 Å². The number of ketones is 1. The number of anilines is 1. The summed E-state index contributed by atoms with van der Waals surface area (Å²) in [6.07, 6.45) is 3.20. The summed E-state index contributed by atoms with van der Waals surface area (Å²) in [6.45, 7) is 4.18. The van der Waals surface area contributed by atoms with Crippen LogP contribution < -0.4 is 5.32 Å². The molecule has 0 aliphatic heterocycles. The van der Waals surface area contributed by atoms with E-state index < -0.39 is 0 Å². The first-order valence-electron chi connectivity index (χ1n) is 8.08. The van der Waals surface area contributed by atoms with E-state index in [2.05, 4.69) is 15.5 Å². The lowest BCUT2D eigenvalue weighted by Gasteiger charge is -2.07. The van der Waals surface area contributed by atoms with Crippen LogP contribution >= 0.6 is 11.8 Å². The largest absolute Gasteiger partial charge is 0.472 e. The number of nitrogens with one attached hydrogen (secondary N) is 1. The zero-order valence-corrected chi connectivity index (χ0v) is 15.2. The summed E-state index contributed by atoms with van der Waals surface area (Å²) in [5.74, 6) is 0.758. The van der Waals surface area contributed by atoms with E-state index in [1.165, 1.54) is 18.7 Å². The first kappa shape index (κ1) is 17.9. The summed E-state index contributed by atoms with van der Waals surface area (Å²) >= 11 is 1.32. The summed E-state index contributed by atoms with van der Waals surface area (Å²) in [6, 6.07) is 8.63. The normalized spacial score (nSPS) is 10.7. The van der Waals surface area contributed by atoms with Gasteiger partial charge in [-0.3, -0.25) is 9.59 Å². The standard InChI is InChI=1S/C18H18N4O3S/c1-3-22-17(14-8-9-25-10-14)20-21-18(22)26-11-16(24)19-15-6-4-13(5-7-15)12(2)23/h4-10H,3,11H2,1-2H3,(H,19,24). The van der Waals surface area contributed by atoms with E-state index in [1.807, 2.05) is 17.6 Å². The Morgan fingerprint density at radius 3 is 2.58 bits per heavy atom. The summed E-state index contributed by atoms with van der Waals surface area (Å²) < 4.78 is 7.03. The third-order valence-electron chi connectivity index (χ3n) is 3.72. The number of nitrogens with zero attached hydrogens (tertiary/aromatic N) is 3. The third-order valence-corrected chi connectivity index (χ3v) is 4.69. The molecule has 3 aromatic rings. The third kappa shape index (κ3) is 4.02. The summed E-state index contributed by atoms with van der Waals surface area (Å²) in [4.78, 5) is 23.4. The van der Waals surface area contributed by atoms with Crippen molar-refractivity contribution in [1.82, 2.24) is 14.8 Å². The molecule has 8 heteroatoms. The van der Waals surface area contributed by atoms with Crippen LogP contribution in [0.25, 0.3) is 11.4 Å². The van der Waals surface area contributed by atoms with Crippen LogP contribution in [0.2, 0.25) is 0 Å². The Bertz CT molecular complexity index is 901. The van der Waals surface area contributed by atoms with E-state index in [0.29, 0.717) is 28.8 Å². The molecule has 0 aliphatic carbocycles. The van der Waals surface area contributed by atoms with Gasteiger partial charge < -0.3 is 14.3 Å². The van der Waals surface area contributed by atoms with Gasteiger partial charge in [-0.2, -0.15) is 0 Å². The molecule has 0 fully saturated rings. The highest BCUT2D eigenvalue weighted by Crippen LogP contribution is 2.24. The SMILES string of the molecule is CCn1c(SCC(=O)Nc2ccc(C(C)=O)cc2)nnc1-c1ccoc1. The summed E-state index contributed by atoms with van der Waals surface area (Å²) in [5.41, 5.74) is 2.11. The second-order valence-electron chi connectivity index (χ2n) is 5.53. The molecule has 2 heterocycles. The molecular weight excluding hydrogens is 352 g/mol. The van der Waals surface area contributed by atoms with Gasteiger partial charge in [0.25, 0.3) is 0 Å². The van der Waals surface area contributed by atoms with E-state index in [0.717, 1.165) is 5.56 Å². The number of hydrogen-bond acceptors (Lipinski definition) is 6. The quantitative estimate of drug-likeness (QED) is 0.506. The minimum Gasteiger partial charge on any atom is -0.472 e. The van der Waals surface area contributed by atoms with Crippen molar-refractivity contribution in [3.63, 3.8) is 0 Å². The maximum Gasteiger partial charge on any atom is 0.234 e. The van der Waals surface area contributed by atoms with Crippen LogP contribution in [0.3, 0.4) is 0 Å². The van der Waals surface area contributed by atoms with Crippen LogP contribution in [-0.4, -0.2) is 32.2 Å². The Morgan fingerprint density at radius 2 is 1.96 bits per heavy atom. The molecular formula is C18H18N4O3S. The molecule has 0 saturated heterocycles. The highest BCUT2D eigenvalue weighted by atomic mass is 32.2. The fourth-order valence-corrected chi connectivity index (χ4v) is 3.20. The Labute approximate surface area is 154 Å². The smallest absolute Gasteiger partial charge is 0.234 e. The minimum atomic E-state index is -0.152. The average molecular weight is 370 g/mol. The van der Waals surface area contributed by atoms with Gasteiger partial charge >= 0.3 is 0 Å². The zero-order chi connectivity index (χ0) is 18.5. The van der Waals surface area contributed by atoms with Crippen LogP contribution in [0.5, 0.6) is 0 Å². The second-order valence-corrected chi connectivity index (χ2v) is 6.48. The predicted octanol–water partition coefficient (Wildman–Crippen LogP) is 3.49. The molecule has 134 valence electrons. The molecule has 1 aromatic carbocycles. The fourth-order valence-electron chi connectivity index (χ4n) is 2.40. The number of carbonyl (C=O) groups is 2. The summed E-state index contributed by atoms with van der Waals surface area (Å²) in [7, 11) is 0. The fraction of sp³-hybridized carbons (Fsp3) is 0.222. The molecule has 1 N–H and O–H groups in total. The summed E-state index contributed by atoms with van der Waals surface area (Å²) in [5, 5.41) is 11.8. The van der Waals surface area contributed by atoms with E-state index >= 15 is 0 Å². The van der Waals surface area contributed by atoms with Crippen LogP contribution in [0.4, 0.5) is 5.69 Å². The minimum absolute atomic E-state index is 0.00856. The van der Waals surface area contributed by atoms with Gasteiger partial charge in [0, 0.05) is 17.8 Å². The number of hydrogen-bond donors (Lipinski definition) is 1. The Morgan fingerprint density at radius 1 is 1.19 bits per heavy atom. The lowest BCUT2D eigenvalue weighted by atomic mass is 10.1. The van der Waals surface area contributed by atoms with Gasteiger partial charge in [0.1, 0.15) is 6.26 Å². The number of Topliss-reactive ketones (excluding diaryl/α,β-unsaturated/α-hetero) is 1. The van der Waals surface area contributed by atoms with Gasteiger partial charge in [-0.25, -0.2) is 0 Å². The number of benzene rings is 1. The van der Waals surface area contributed by atoms with Crippen molar-refractivity contribution < 1.29 is 14.0 Å². The molecule has 2 aromatic heterocycles.